The van der Waals surface area contributed by atoms with Crippen LogP contribution in [0.2, 0.25) is 0 Å². The number of hydrogen-bond acceptors (Lipinski definition) is 2. The molecule has 0 aliphatic rings. The molecule has 2 aromatic rings. The van der Waals surface area contributed by atoms with Crippen LogP contribution in [0.5, 0.6) is 0 Å². The van der Waals surface area contributed by atoms with Crippen LogP contribution in [0.1, 0.15) is 68.2 Å². The van der Waals surface area contributed by atoms with Crippen molar-refractivity contribution >= 4 is 12.4 Å². The Bertz CT molecular complexity index is 722. The summed E-state index contributed by atoms with van der Waals surface area (Å²) in [4.78, 5) is 0. The topological polar surface area (TPSA) is 24.7 Å². The minimum atomic E-state index is 1.08. The van der Waals surface area contributed by atoms with Crippen LogP contribution in [-0.4, -0.2) is 12.4 Å². The second-order valence-corrected chi connectivity index (χ2v) is 6.85. The van der Waals surface area contributed by atoms with E-state index in [0.29, 0.717) is 0 Å². The van der Waals surface area contributed by atoms with Gasteiger partial charge in [0.25, 0.3) is 0 Å². The third kappa shape index (κ3) is 8.63. The number of benzene rings is 2. The minimum absolute atomic E-state index is 1.08. The van der Waals surface area contributed by atoms with E-state index in [9.17, 15) is 0 Å². The van der Waals surface area contributed by atoms with Gasteiger partial charge >= 0.3 is 0 Å². The van der Waals surface area contributed by atoms with Gasteiger partial charge in [-0.2, -0.15) is 10.2 Å². The van der Waals surface area contributed by atoms with E-state index in [2.05, 4.69) is 84.7 Å². The van der Waals surface area contributed by atoms with Crippen LogP contribution in [0.4, 0.5) is 0 Å². The van der Waals surface area contributed by atoms with E-state index in [1.54, 1.807) is 12.4 Å². The van der Waals surface area contributed by atoms with Gasteiger partial charge in [0.15, 0.2) is 0 Å². The maximum Gasteiger partial charge on any atom is 0.0568 e. The molecule has 0 saturated carbocycles. The van der Waals surface area contributed by atoms with E-state index in [4.69, 9.17) is 0 Å². The summed E-state index contributed by atoms with van der Waals surface area (Å²) in [6, 6.07) is 17.1. The highest BCUT2D eigenvalue weighted by atomic mass is 15.2. The maximum atomic E-state index is 4.17. The maximum absolute atomic E-state index is 4.17. The molecule has 0 N–H and O–H groups in total. The lowest BCUT2D eigenvalue weighted by Crippen LogP contribution is -1.87. The Hall–Kier alpha value is -2.48. The first-order valence-electron chi connectivity index (χ1n) is 10.2. The quantitative estimate of drug-likeness (QED) is 0.183. The zero-order valence-corrected chi connectivity index (χ0v) is 16.8. The fourth-order valence-corrected chi connectivity index (χ4v) is 2.85. The largest absolute Gasteiger partial charge is 0.159 e. The molecule has 0 bridgehead atoms. The van der Waals surface area contributed by atoms with Gasteiger partial charge in [-0.25, -0.2) is 0 Å². The Morgan fingerprint density at radius 2 is 1.22 bits per heavy atom. The Labute approximate surface area is 164 Å². The molecule has 0 aliphatic heterocycles. The summed E-state index contributed by atoms with van der Waals surface area (Å²) in [7, 11) is 0. The Morgan fingerprint density at radius 3 is 1.74 bits per heavy atom. The SMILES string of the molecule is CCC=CCCc1ccc(C=NN=Cc2ccc(CCCCC)cc2)cc1. The van der Waals surface area contributed by atoms with Crippen molar-refractivity contribution in [3.63, 3.8) is 0 Å². The summed E-state index contributed by atoms with van der Waals surface area (Å²) >= 11 is 0. The zero-order chi connectivity index (χ0) is 19.2. The zero-order valence-electron chi connectivity index (χ0n) is 16.8. The number of nitrogens with zero attached hydrogens (tertiary/aromatic N) is 2. The number of aryl methyl sites for hydroxylation is 2. The Morgan fingerprint density at radius 1 is 0.667 bits per heavy atom. The van der Waals surface area contributed by atoms with Crippen molar-refractivity contribution in [3.05, 3.63) is 82.9 Å². The van der Waals surface area contributed by atoms with E-state index in [0.717, 1.165) is 36.8 Å². The molecule has 27 heavy (non-hydrogen) atoms. The van der Waals surface area contributed by atoms with Crippen LogP contribution < -0.4 is 0 Å². The first-order chi connectivity index (χ1) is 13.3. The molecule has 0 aromatic heterocycles. The van der Waals surface area contributed by atoms with E-state index in [1.807, 2.05) is 0 Å². The highest BCUT2D eigenvalue weighted by Crippen LogP contribution is 2.08. The lowest BCUT2D eigenvalue weighted by Gasteiger charge is -2.00. The molecule has 2 rings (SSSR count). The molecule has 2 aromatic carbocycles. The molecule has 142 valence electrons. The summed E-state index contributed by atoms with van der Waals surface area (Å²) in [5, 5.41) is 8.34. The Balaban J connectivity index is 1.79. The number of rotatable bonds is 11. The lowest BCUT2D eigenvalue weighted by molar-refractivity contribution is 0.717. The molecule has 0 atom stereocenters. The van der Waals surface area contributed by atoms with Crippen molar-refractivity contribution in [3.8, 4) is 0 Å². The van der Waals surface area contributed by atoms with Crippen molar-refractivity contribution in [2.75, 3.05) is 0 Å². The fourth-order valence-electron chi connectivity index (χ4n) is 2.85. The number of unbranched alkanes of at least 4 members (excludes halogenated alkanes) is 2. The van der Waals surface area contributed by atoms with Gasteiger partial charge in [0, 0.05) is 0 Å². The summed E-state index contributed by atoms with van der Waals surface area (Å²) in [5.41, 5.74) is 4.91. The van der Waals surface area contributed by atoms with E-state index in [-0.39, 0.29) is 0 Å². The van der Waals surface area contributed by atoms with Crippen molar-refractivity contribution in [2.24, 2.45) is 10.2 Å². The van der Waals surface area contributed by atoms with Crippen LogP contribution in [-0.2, 0) is 12.8 Å². The van der Waals surface area contributed by atoms with Crippen LogP contribution in [0, 0.1) is 0 Å². The predicted molar refractivity (Wildman–Crippen MR) is 119 cm³/mol. The van der Waals surface area contributed by atoms with Gasteiger partial charge in [-0.15, -0.1) is 0 Å². The summed E-state index contributed by atoms with van der Waals surface area (Å²) in [5.74, 6) is 0. The van der Waals surface area contributed by atoms with Gasteiger partial charge in [0.05, 0.1) is 12.4 Å². The molecule has 0 saturated heterocycles. The van der Waals surface area contributed by atoms with Gasteiger partial charge in [-0.3, -0.25) is 0 Å². The fraction of sp³-hybridized carbons (Fsp3) is 0.360. The van der Waals surface area contributed by atoms with Crippen LogP contribution in [0.3, 0.4) is 0 Å². The molecule has 0 amide bonds. The van der Waals surface area contributed by atoms with Crippen molar-refractivity contribution in [2.45, 2.75) is 58.8 Å². The highest BCUT2D eigenvalue weighted by Gasteiger charge is 1.94. The lowest BCUT2D eigenvalue weighted by atomic mass is 10.1. The predicted octanol–water partition coefficient (Wildman–Crippen LogP) is 6.77. The molecule has 0 radical (unpaired) electrons. The van der Waals surface area contributed by atoms with Gasteiger partial charge < -0.3 is 0 Å². The molecular weight excluding hydrogens is 328 g/mol. The van der Waals surface area contributed by atoms with Gasteiger partial charge in [-0.1, -0.05) is 87.4 Å². The average Bonchev–Trinajstić information content (AvgIpc) is 2.71. The molecule has 2 heteroatoms. The van der Waals surface area contributed by atoms with Crippen molar-refractivity contribution in [1.29, 1.82) is 0 Å². The third-order valence-corrected chi connectivity index (χ3v) is 4.51. The smallest absolute Gasteiger partial charge is 0.0568 e. The Kier molecular flexibility index (Phi) is 9.88. The second kappa shape index (κ2) is 12.8. The average molecular weight is 361 g/mol. The second-order valence-electron chi connectivity index (χ2n) is 6.85. The molecule has 0 fully saturated rings. The van der Waals surface area contributed by atoms with Gasteiger partial charge in [0.2, 0.25) is 0 Å². The first-order valence-corrected chi connectivity index (χ1v) is 10.2. The number of hydrogen-bond donors (Lipinski definition) is 0. The molecule has 0 unspecified atom stereocenters. The minimum Gasteiger partial charge on any atom is -0.159 e. The van der Waals surface area contributed by atoms with Gasteiger partial charge in [-0.05, 0) is 54.4 Å². The molecule has 0 spiro atoms. The number of allylic oxidation sites excluding steroid dienone is 2. The van der Waals surface area contributed by atoms with E-state index < -0.39 is 0 Å². The summed E-state index contributed by atoms with van der Waals surface area (Å²) in [6.07, 6.45) is 16.4. The first kappa shape index (κ1) is 20.8. The molecule has 2 nitrogen and oxygen atoms in total. The summed E-state index contributed by atoms with van der Waals surface area (Å²) < 4.78 is 0. The van der Waals surface area contributed by atoms with E-state index in [1.165, 1.54) is 30.4 Å². The van der Waals surface area contributed by atoms with Crippen LogP contribution in [0.15, 0.2) is 70.9 Å². The normalized spacial score (nSPS) is 11.9. The van der Waals surface area contributed by atoms with Crippen LogP contribution >= 0.6 is 0 Å². The summed E-state index contributed by atoms with van der Waals surface area (Å²) in [6.45, 7) is 4.40. The molecule has 0 aliphatic carbocycles. The van der Waals surface area contributed by atoms with Crippen LogP contribution in [0.25, 0.3) is 0 Å². The third-order valence-electron chi connectivity index (χ3n) is 4.51. The molecular formula is C25H32N2. The van der Waals surface area contributed by atoms with Crippen molar-refractivity contribution < 1.29 is 0 Å². The van der Waals surface area contributed by atoms with E-state index >= 15 is 0 Å². The standard InChI is InChI=1S/C25H32N2/c1-3-5-7-9-11-23-14-18-25(19-15-23)21-27-26-20-24-16-12-22(13-17-24)10-8-6-4-2/h5,7,12-21H,3-4,6,8-11H2,1-2H3. The monoisotopic (exact) mass is 360 g/mol. The van der Waals surface area contributed by atoms with Gasteiger partial charge in [0.1, 0.15) is 0 Å². The highest BCUT2D eigenvalue weighted by molar-refractivity contribution is 5.82. The van der Waals surface area contributed by atoms with Crippen molar-refractivity contribution in [1.82, 2.24) is 0 Å². The molecule has 0 heterocycles.